The van der Waals surface area contributed by atoms with Gasteiger partial charge in [-0.2, -0.15) is 0 Å². The molecule has 0 radical (unpaired) electrons. The molecule has 0 aliphatic carbocycles. The van der Waals surface area contributed by atoms with E-state index in [2.05, 4.69) is 43.5 Å². The quantitative estimate of drug-likeness (QED) is 0.829. The predicted octanol–water partition coefficient (Wildman–Crippen LogP) is 4.00. The van der Waals surface area contributed by atoms with Crippen LogP contribution >= 0.6 is 0 Å². The fourth-order valence-electron chi connectivity index (χ4n) is 2.30. The Balaban J connectivity index is 1.97. The molecule has 2 rings (SSSR count). The lowest BCUT2D eigenvalue weighted by molar-refractivity contribution is -0.111. The van der Waals surface area contributed by atoms with Crippen molar-refractivity contribution in [1.29, 1.82) is 0 Å². The normalized spacial score (nSPS) is 11.4. The molecule has 0 spiro atoms. The lowest BCUT2D eigenvalue weighted by Gasteiger charge is -2.18. The zero-order chi connectivity index (χ0) is 18.4. The van der Waals surface area contributed by atoms with Crippen LogP contribution in [0.3, 0.4) is 0 Å². The molecule has 0 bridgehead atoms. The van der Waals surface area contributed by atoms with Gasteiger partial charge in [0.25, 0.3) is 5.91 Å². The molecule has 0 saturated heterocycles. The van der Waals surface area contributed by atoms with Crippen LogP contribution in [-0.2, 0) is 10.2 Å². The van der Waals surface area contributed by atoms with E-state index in [4.69, 9.17) is 0 Å². The van der Waals surface area contributed by atoms with Crippen LogP contribution in [0, 0.1) is 0 Å². The van der Waals surface area contributed by atoms with Crippen LogP contribution in [0.25, 0.3) is 6.08 Å². The van der Waals surface area contributed by atoms with Crippen molar-refractivity contribution in [1.82, 2.24) is 5.32 Å². The van der Waals surface area contributed by atoms with Gasteiger partial charge in [-0.05, 0) is 46.9 Å². The van der Waals surface area contributed by atoms with Crippen molar-refractivity contribution < 1.29 is 9.59 Å². The fourth-order valence-corrected chi connectivity index (χ4v) is 2.30. The topological polar surface area (TPSA) is 58.2 Å². The molecule has 4 heteroatoms. The third-order valence-corrected chi connectivity index (χ3v) is 3.85. The molecule has 0 aliphatic heterocycles. The molecule has 2 aromatic carbocycles. The summed E-state index contributed by atoms with van der Waals surface area (Å²) in [5.41, 5.74) is 3.53. The van der Waals surface area contributed by atoms with Gasteiger partial charge in [0, 0.05) is 24.4 Å². The SMILES string of the molecule is CNC(=O)c1ccc(NC(=O)C=Cc2ccc(C(C)(C)C)cc2)cc1. The van der Waals surface area contributed by atoms with Crippen molar-refractivity contribution in [2.75, 3.05) is 12.4 Å². The highest BCUT2D eigenvalue weighted by molar-refractivity contribution is 6.02. The summed E-state index contributed by atoms with van der Waals surface area (Å²) in [4.78, 5) is 23.5. The van der Waals surface area contributed by atoms with Gasteiger partial charge in [0.1, 0.15) is 0 Å². The van der Waals surface area contributed by atoms with Gasteiger partial charge in [-0.15, -0.1) is 0 Å². The van der Waals surface area contributed by atoms with Crippen LogP contribution in [0.2, 0.25) is 0 Å². The van der Waals surface area contributed by atoms with Gasteiger partial charge in [-0.1, -0.05) is 45.0 Å². The summed E-state index contributed by atoms with van der Waals surface area (Å²) in [5, 5.41) is 5.33. The first-order valence-corrected chi connectivity index (χ1v) is 8.21. The summed E-state index contributed by atoms with van der Waals surface area (Å²) >= 11 is 0. The molecule has 0 atom stereocenters. The molecule has 2 N–H and O–H groups in total. The number of carbonyl (C=O) groups is 2. The summed E-state index contributed by atoms with van der Waals surface area (Å²) in [7, 11) is 1.58. The largest absolute Gasteiger partial charge is 0.355 e. The zero-order valence-corrected chi connectivity index (χ0v) is 15.1. The molecule has 0 saturated carbocycles. The first-order chi connectivity index (χ1) is 11.8. The van der Waals surface area contributed by atoms with Gasteiger partial charge in [0.15, 0.2) is 0 Å². The summed E-state index contributed by atoms with van der Waals surface area (Å²) in [6.45, 7) is 6.50. The van der Waals surface area contributed by atoms with E-state index < -0.39 is 0 Å². The molecule has 0 heterocycles. The highest BCUT2D eigenvalue weighted by Crippen LogP contribution is 2.22. The van der Waals surface area contributed by atoms with Crippen molar-refractivity contribution >= 4 is 23.6 Å². The summed E-state index contributed by atoms with van der Waals surface area (Å²) in [5.74, 6) is -0.371. The third kappa shape index (κ3) is 5.31. The molecule has 2 aromatic rings. The highest BCUT2D eigenvalue weighted by Gasteiger charge is 2.12. The molecule has 130 valence electrons. The van der Waals surface area contributed by atoms with Crippen LogP contribution in [0.1, 0.15) is 42.3 Å². The number of rotatable bonds is 4. The van der Waals surface area contributed by atoms with Gasteiger partial charge in [-0.3, -0.25) is 9.59 Å². The Morgan fingerprint density at radius 3 is 2.04 bits per heavy atom. The number of anilines is 1. The number of hydrogen-bond acceptors (Lipinski definition) is 2. The Kier molecular flexibility index (Phi) is 5.75. The van der Waals surface area contributed by atoms with Crippen LogP contribution in [0.5, 0.6) is 0 Å². The molecule has 0 aliphatic rings. The maximum absolute atomic E-state index is 12.0. The van der Waals surface area contributed by atoms with Gasteiger partial charge in [0.05, 0.1) is 0 Å². The Morgan fingerprint density at radius 2 is 1.52 bits per heavy atom. The molecule has 0 unspecified atom stereocenters. The lowest BCUT2D eigenvalue weighted by atomic mass is 9.87. The van der Waals surface area contributed by atoms with E-state index in [9.17, 15) is 9.59 Å². The average molecular weight is 336 g/mol. The summed E-state index contributed by atoms with van der Waals surface area (Å²) < 4.78 is 0. The van der Waals surface area contributed by atoms with E-state index in [0.29, 0.717) is 11.3 Å². The highest BCUT2D eigenvalue weighted by atomic mass is 16.2. The van der Waals surface area contributed by atoms with Gasteiger partial charge in [-0.25, -0.2) is 0 Å². The van der Waals surface area contributed by atoms with Crippen molar-refractivity contribution in [3.05, 3.63) is 71.3 Å². The summed E-state index contributed by atoms with van der Waals surface area (Å²) in [6.07, 6.45) is 3.28. The Bertz CT molecular complexity index is 767. The zero-order valence-electron chi connectivity index (χ0n) is 15.1. The van der Waals surface area contributed by atoms with Crippen LogP contribution in [0.15, 0.2) is 54.6 Å². The molecular weight excluding hydrogens is 312 g/mol. The van der Waals surface area contributed by atoms with E-state index in [0.717, 1.165) is 5.56 Å². The lowest BCUT2D eigenvalue weighted by Crippen LogP contribution is -2.17. The standard InChI is InChI=1S/C21H24N2O2/c1-21(2,3)17-10-5-15(6-11-17)7-14-19(24)23-18-12-8-16(9-13-18)20(25)22-4/h5-14H,1-4H3,(H,22,25)(H,23,24). The average Bonchev–Trinajstić information content (AvgIpc) is 2.59. The van der Waals surface area contributed by atoms with Crippen LogP contribution in [0.4, 0.5) is 5.69 Å². The number of hydrogen-bond donors (Lipinski definition) is 2. The Labute approximate surface area is 149 Å². The van der Waals surface area contributed by atoms with E-state index in [1.165, 1.54) is 11.6 Å². The minimum absolute atomic E-state index is 0.112. The van der Waals surface area contributed by atoms with Gasteiger partial charge in [0.2, 0.25) is 5.91 Å². The number of amides is 2. The minimum atomic E-state index is -0.215. The van der Waals surface area contributed by atoms with E-state index in [-0.39, 0.29) is 17.2 Å². The van der Waals surface area contributed by atoms with Crippen LogP contribution in [-0.4, -0.2) is 18.9 Å². The first kappa shape index (κ1) is 18.5. The molecule has 2 amide bonds. The van der Waals surface area contributed by atoms with Crippen molar-refractivity contribution in [2.45, 2.75) is 26.2 Å². The fraction of sp³-hybridized carbons (Fsp3) is 0.238. The van der Waals surface area contributed by atoms with Crippen molar-refractivity contribution in [2.24, 2.45) is 0 Å². The van der Waals surface area contributed by atoms with Crippen LogP contribution < -0.4 is 10.6 Å². The molecule has 0 fully saturated rings. The maximum atomic E-state index is 12.0. The first-order valence-electron chi connectivity index (χ1n) is 8.21. The summed E-state index contributed by atoms with van der Waals surface area (Å²) in [6, 6.07) is 14.9. The minimum Gasteiger partial charge on any atom is -0.355 e. The molecule has 4 nitrogen and oxygen atoms in total. The smallest absolute Gasteiger partial charge is 0.251 e. The number of carbonyl (C=O) groups excluding carboxylic acids is 2. The van der Waals surface area contributed by atoms with Crippen molar-refractivity contribution in [3.8, 4) is 0 Å². The number of nitrogens with one attached hydrogen (secondary N) is 2. The number of benzene rings is 2. The second-order valence-corrected chi connectivity index (χ2v) is 6.85. The Hall–Kier alpha value is -2.88. The maximum Gasteiger partial charge on any atom is 0.251 e. The Morgan fingerprint density at radius 1 is 0.920 bits per heavy atom. The second kappa shape index (κ2) is 7.79. The monoisotopic (exact) mass is 336 g/mol. The van der Waals surface area contributed by atoms with Gasteiger partial charge >= 0.3 is 0 Å². The molecular formula is C21H24N2O2. The van der Waals surface area contributed by atoms with E-state index in [1.54, 1.807) is 37.4 Å². The predicted molar refractivity (Wildman–Crippen MR) is 103 cm³/mol. The van der Waals surface area contributed by atoms with E-state index in [1.807, 2.05) is 12.1 Å². The third-order valence-electron chi connectivity index (χ3n) is 3.85. The molecule has 0 aromatic heterocycles. The second-order valence-electron chi connectivity index (χ2n) is 6.85. The van der Waals surface area contributed by atoms with E-state index >= 15 is 0 Å². The van der Waals surface area contributed by atoms with Gasteiger partial charge < -0.3 is 10.6 Å². The van der Waals surface area contributed by atoms with Crippen molar-refractivity contribution in [3.63, 3.8) is 0 Å². The molecule has 25 heavy (non-hydrogen) atoms.